The first-order valence-electron chi connectivity index (χ1n) is 6.12. The minimum atomic E-state index is 0.212. The summed E-state index contributed by atoms with van der Waals surface area (Å²) in [6, 6.07) is 5.97. The number of nitrogens with zero attached hydrogens (tertiary/aromatic N) is 1. The van der Waals surface area contributed by atoms with Gasteiger partial charge in [0.05, 0.1) is 5.02 Å². The molecule has 0 saturated carbocycles. The van der Waals surface area contributed by atoms with Crippen LogP contribution in [0.3, 0.4) is 0 Å². The number of para-hydroxylation sites is 1. The third-order valence-electron chi connectivity index (χ3n) is 2.77. The summed E-state index contributed by atoms with van der Waals surface area (Å²) in [5.41, 5.74) is 0.895. The maximum Gasteiger partial charge on any atom is 0.138 e. The third-order valence-corrected chi connectivity index (χ3v) is 3.08. The molecule has 0 heterocycles. The number of halogens is 1. The van der Waals surface area contributed by atoms with Gasteiger partial charge in [-0.15, -0.1) is 0 Å². The van der Waals surface area contributed by atoms with Gasteiger partial charge in [0.25, 0.3) is 0 Å². The van der Waals surface area contributed by atoms with Crippen molar-refractivity contribution in [2.24, 2.45) is 5.92 Å². The molecule has 1 aromatic rings. The van der Waals surface area contributed by atoms with Crippen LogP contribution in [0.5, 0.6) is 5.75 Å². The summed E-state index contributed by atoms with van der Waals surface area (Å²) in [5, 5.41) is 10.3. The molecule has 0 saturated heterocycles. The molecule has 0 bridgehead atoms. The van der Waals surface area contributed by atoms with Crippen LogP contribution in [0.2, 0.25) is 5.02 Å². The second-order valence-electron chi connectivity index (χ2n) is 5.16. The van der Waals surface area contributed by atoms with E-state index in [1.165, 1.54) is 0 Å². The molecule has 0 fully saturated rings. The number of hydrogen-bond acceptors (Lipinski definition) is 2. The van der Waals surface area contributed by atoms with Crippen molar-refractivity contribution in [2.75, 3.05) is 6.54 Å². The largest absolute Gasteiger partial charge is 0.506 e. The van der Waals surface area contributed by atoms with Crippen LogP contribution >= 0.6 is 11.6 Å². The molecule has 0 radical (unpaired) electrons. The fourth-order valence-electron chi connectivity index (χ4n) is 1.83. The van der Waals surface area contributed by atoms with Crippen molar-refractivity contribution in [1.29, 1.82) is 0 Å². The van der Waals surface area contributed by atoms with Gasteiger partial charge in [0.1, 0.15) is 5.75 Å². The lowest BCUT2D eigenvalue weighted by molar-refractivity contribution is 0.187. The van der Waals surface area contributed by atoms with Crippen molar-refractivity contribution >= 4 is 11.6 Å². The summed E-state index contributed by atoms with van der Waals surface area (Å²) < 4.78 is 0. The number of hydrogen-bond donors (Lipinski definition) is 1. The number of phenols is 1. The first-order valence-corrected chi connectivity index (χ1v) is 6.50. The van der Waals surface area contributed by atoms with E-state index in [1.54, 1.807) is 6.07 Å². The maximum absolute atomic E-state index is 9.90. The fraction of sp³-hybridized carbons (Fsp3) is 0.571. The van der Waals surface area contributed by atoms with Gasteiger partial charge in [0, 0.05) is 24.7 Å². The predicted octanol–water partition coefficient (Wildman–Crippen LogP) is 3.91. The van der Waals surface area contributed by atoms with E-state index in [0.717, 1.165) is 18.7 Å². The molecule has 3 heteroatoms. The number of aromatic hydroxyl groups is 1. The van der Waals surface area contributed by atoms with E-state index in [9.17, 15) is 5.11 Å². The highest BCUT2D eigenvalue weighted by atomic mass is 35.5. The third kappa shape index (κ3) is 4.21. The zero-order chi connectivity index (χ0) is 13.0. The van der Waals surface area contributed by atoms with Crippen molar-refractivity contribution < 1.29 is 5.11 Å². The SMILES string of the molecule is CC(C)CN(Cc1cccc(Cl)c1O)C(C)C. The van der Waals surface area contributed by atoms with Crippen molar-refractivity contribution in [3.63, 3.8) is 0 Å². The number of benzene rings is 1. The first-order chi connectivity index (χ1) is 7.91. The monoisotopic (exact) mass is 255 g/mol. The number of phenolic OH excluding ortho intramolecular Hbond substituents is 1. The predicted molar refractivity (Wildman–Crippen MR) is 73.5 cm³/mol. The molecule has 17 heavy (non-hydrogen) atoms. The molecule has 96 valence electrons. The highest BCUT2D eigenvalue weighted by Gasteiger charge is 2.14. The highest BCUT2D eigenvalue weighted by Crippen LogP contribution is 2.28. The number of rotatable bonds is 5. The second-order valence-corrected chi connectivity index (χ2v) is 5.57. The molecule has 0 aliphatic rings. The molecule has 2 nitrogen and oxygen atoms in total. The summed E-state index contributed by atoms with van der Waals surface area (Å²) in [5.74, 6) is 0.822. The lowest BCUT2D eigenvalue weighted by Crippen LogP contribution is -2.33. The summed E-state index contributed by atoms with van der Waals surface area (Å²) in [6.07, 6.45) is 0. The average Bonchev–Trinajstić information content (AvgIpc) is 2.22. The molecular weight excluding hydrogens is 234 g/mol. The summed E-state index contributed by atoms with van der Waals surface area (Å²) in [6.45, 7) is 10.5. The zero-order valence-corrected chi connectivity index (χ0v) is 11.8. The molecular formula is C14H22ClNO. The van der Waals surface area contributed by atoms with E-state index in [4.69, 9.17) is 11.6 Å². The van der Waals surface area contributed by atoms with Crippen molar-refractivity contribution in [1.82, 2.24) is 4.90 Å². The average molecular weight is 256 g/mol. The molecule has 0 amide bonds. The van der Waals surface area contributed by atoms with Gasteiger partial charge in [-0.05, 0) is 25.8 Å². The summed E-state index contributed by atoms with van der Waals surface area (Å²) in [4.78, 5) is 2.34. The van der Waals surface area contributed by atoms with Gasteiger partial charge in [-0.3, -0.25) is 4.90 Å². The quantitative estimate of drug-likeness (QED) is 0.862. The standard InChI is InChI=1S/C14H22ClNO/c1-10(2)8-16(11(3)4)9-12-6-5-7-13(15)14(12)17/h5-7,10-11,17H,8-9H2,1-4H3. The van der Waals surface area contributed by atoms with E-state index in [0.29, 0.717) is 17.0 Å². The van der Waals surface area contributed by atoms with Crippen molar-refractivity contribution in [3.05, 3.63) is 28.8 Å². The van der Waals surface area contributed by atoms with Gasteiger partial charge in [0.15, 0.2) is 0 Å². The topological polar surface area (TPSA) is 23.5 Å². The minimum Gasteiger partial charge on any atom is -0.506 e. The lowest BCUT2D eigenvalue weighted by atomic mass is 10.1. The Hall–Kier alpha value is -0.730. The summed E-state index contributed by atoms with van der Waals surface area (Å²) in [7, 11) is 0. The molecule has 0 aliphatic carbocycles. The van der Waals surface area contributed by atoms with E-state index >= 15 is 0 Å². The smallest absolute Gasteiger partial charge is 0.138 e. The lowest BCUT2D eigenvalue weighted by Gasteiger charge is -2.28. The molecule has 0 spiro atoms. The van der Waals surface area contributed by atoms with Crippen LogP contribution in [0.25, 0.3) is 0 Å². The minimum absolute atomic E-state index is 0.212. The Balaban J connectivity index is 2.82. The molecule has 0 aliphatic heterocycles. The Morgan fingerprint density at radius 3 is 2.41 bits per heavy atom. The Morgan fingerprint density at radius 2 is 1.88 bits per heavy atom. The summed E-state index contributed by atoms with van der Waals surface area (Å²) >= 11 is 5.91. The van der Waals surface area contributed by atoms with Gasteiger partial charge in [-0.1, -0.05) is 37.6 Å². The fourth-order valence-corrected chi connectivity index (χ4v) is 2.03. The maximum atomic E-state index is 9.90. The van der Waals surface area contributed by atoms with E-state index in [-0.39, 0.29) is 5.75 Å². The second kappa shape index (κ2) is 6.27. The first kappa shape index (κ1) is 14.3. The van der Waals surface area contributed by atoms with Crippen LogP contribution in [-0.4, -0.2) is 22.6 Å². The van der Waals surface area contributed by atoms with E-state index in [2.05, 4.69) is 32.6 Å². The van der Waals surface area contributed by atoms with Gasteiger partial charge in [-0.2, -0.15) is 0 Å². The van der Waals surface area contributed by atoms with Crippen LogP contribution in [0.4, 0.5) is 0 Å². The Bertz CT molecular complexity index is 363. The van der Waals surface area contributed by atoms with Gasteiger partial charge >= 0.3 is 0 Å². The molecule has 0 aromatic heterocycles. The molecule has 1 aromatic carbocycles. The van der Waals surface area contributed by atoms with Crippen LogP contribution in [0.15, 0.2) is 18.2 Å². The normalized spacial score (nSPS) is 11.8. The molecule has 1 N–H and O–H groups in total. The Labute approximate surface area is 109 Å². The van der Waals surface area contributed by atoms with Crippen LogP contribution < -0.4 is 0 Å². The van der Waals surface area contributed by atoms with E-state index < -0.39 is 0 Å². The van der Waals surface area contributed by atoms with Crippen molar-refractivity contribution in [2.45, 2.75) is 40.3 Å². The van der Waals surface area contributed by atoms with E-state index in [1.807, 2.05) is 12.1 Å². The molecule has 1 rings (SSSR count). The molecule has 0 unspecified atom stereocenters. The van der Waals surface area contributed by atoms with Crippen LogP contribution in [0, 0.1) is 5.92 Å². The van der Waals surface area contributed by atoms with Gasteiger partial charge in [0.2, 0.25) is 0 Å². The molecule has 0 atom stereocenters. The Morgan fingerprint density at radius 1 is 1.24 bits per heavy atom. The van der Waals surface area contributed by atoms with Crippen LogP contribution in [0.1, 0.15) is 33.3 Å². The van der Waals surface area contributed by atoms with Gasteiger partial charge < -0.3 is 5.11 Å². The van der Waals surface area contributed by atoms with Gasteiger partial charge in [-0.25, -0.2) is 0 Å². The van der Waals surface area contributed by atoms with Crippen molar-refractivity contribution in [3.8, 4) is 5.75 Å². The Kier molecular flexibility index (Phi) is 5.29. The highest BCUT2D eigenvalue weighted by molar-refractivity contribution is 6.32. The zero-order valence-electron chi connectivity index (χ0n) is 11.1. The van der Waals surface area contributed by atoms with Crippen LogP contribution in [-0.2, 0) is 6.54 Å².